The minimum absolute atomic E-state index is 0.142. The second kappa shape index (κ2) is 7.34. The summed E-state index contributed by atoms with van der Waals surface area (Å²) in [4.78, 5) is 12.9. The van der Waals surface area contributed by atoms with E-state index in [4.69, 9.17) is 16.1 Å². The van der Waals surface area contributed by atoms with Gasteiger partial charge in [0, 0.05) is 5.56 Å². The first-order chi connectivity index (χ1) is 12.4. The summed E-state index contributed by atoms with van der Waals surface area (Å²) in [5.74, 6) is 0.233. The van der Waals surface area contributed by atoms with Gasteiger partial charge in [-0.25, -0.2) is 0 Å². The Labute approximate surface area is 158 Å². The smallest absolute Gasteiger partial charge is 0.257 e. The molecule has 2 aromatic carbocycles. The number of hydrogen-bond donors (Lipinski definition) is 1. The van der Waals surface area contributed by atoms with Crippen molar-refractivity contribution < 1.29 is 9.32 Å². The molecule has 4 nitrogen and oxygen atoms in total. The molecule has 0 aliphatic heterocycles. The highest BCUT2D eigenvalue weighted by atomic mass is 35.5. The van der Waals surface area contributed by atoms with Gasteiger partial charge in [-0.05, 0) is 44.9 Å². The molecule has 0 bridgehead atoms. The van der Waals surface area contributed by atoms with Crippen molar-refractivity contribution in [3.8, 4) is 11.3 Å². The van der Waals surface area contributed by atoms with Crippen LogP contribution < -0.4 is 5.32 Å². The molecule has 1 aromatic heterocycles. The molecule has 26 heavy (non-hydrogen) atoms. The molecule has 0 saturated carbocycles. The molecule has 0 aliphatic rings. The van der Waals surface area contributed by atoms with Crippen LogP contribution in [0.15, 0.2) is 47.0 Å². The average molecular weight is 369 g/mol. The van der Waals surface area contributed by atoms with Crippen molar-refractivity contribution in [2.24, 2.45) is 0 Å². The van der Waals surface area contributed by atoms with Crippen LogP contribution in [0.3, 0.4) is 0 Å². The number of rotatable bonds is 4. The first-order valence-electron chi connectivity index (χ1n) is 8.47. The van der Waals surface area contributed by atoms with Crippen LogP contribution in [0.2, 0.25) is 5.02 Å². The normalized spacial score (nSPS) is 12.0. The molecule has 134 valence electrons. The molecule has 3 aromatic rings. The molecule has 0 spiro atoms. The summed E-state index contributed by atoms with van der Waals surface area (Å²) in [6, 6.07) is 13.3. The Morgan fingerprint density at radius 3 is 2.58 bits per heavy atom. The topological polar surface area (TPSA) is 55.1 Å². The van der Waals surface area contributed by atoms with E-state index in [1.165, 1.54) is 5.56 Å². The Balaban J connectivity index is 1.91. The fourth-order valence-electron chi connectivity index (χ4n) is 3.13. The number of benzene rings is 2. The minimum Gasteiger partial charge on any atom is -0.360 e. The number of amides is 1. The average Bonchev–Trinajstić information content (AvgIpc) is 2.96. The molecule has 1 unspecified atom stereocenters. The second-order valence-corrected chi connectivity index (χ2v) is 6.90. The quantitative estimate of drug-likeness (QED) is 0.669. The number of nitrogens with zero attached hydrogens (tertiary/aromatic N) is 1. The summed E-state index contributed by atoms with van der Waals surface area (Å²) in [5, 5.41) is 7.63. The van der Waals surface area contributed by atoms with E-state index in [-0.39, 0.29) is 11.9 Å². The zero-order valence-electron chi connectivity index (χ0n) is 15.3. The van der Waals surface area contributed by atoms with Crippen LogP contribution in [-0.4, -0.2) is 11.1 Å². The van der Waals surface area contributed by atoms with E-state index in [9.17, 15) is 4.79 Å². The van der Waals surface area contributed by atoms with Crippen molar-refractivity contribution in [1.29, 1.82) is 0 Å². The van der Waals surface area contributed by atoms with Gasteiger partial charge in [-0.3, -0.25) is 4.79 Å². The van der Waals surface area contributed by atoms with Gasteiger partial charge < -0.3 is 9.84 Å². The minimum atomic E-state index is -0.230. The van der Waals surface area contributed by atoms with E-state index in [0.717, 1.165) is 11.1 Å². The van der Waals surface area contributed by atoms with Gasteiger partial charge in [-0.15, -0.1) is 0 Å². The number of halogens is 1. The number of carbonyl (C=O) groups excluding carboxylic acids is 1. The molecule has 0 fully saturated rings. The number of aromatic nitrogens is 1. The molecule has 5 heteroatoms. The number of nitrogens with one attached hydrogen (secondary N) is 1. The summed E-state index contributed by atoms with van der Waals surface area (Å²) in [7, 11) is 0. The summed E-state index contributed by atoms with van der Waals surface area (Å²) < 4.78 is 5.28. The van der Waals surface area contributed by atoms with Crippen LogP contribution in [0.4, 0.5) is 0 Å². The first kappa shape index (κ1) is 18.2. The third kappa shape index (κ3) is 3.51. The van der Waals surface area contributed by atoms with E-state index in [2.05, 4.69) is 23.5 Å². The molecule has 1 amide bonds. The van der Waals surface area contributed by atoms with Crippen molar-refractivity contribution in [2.75, 3.05) is 0 Å². The standard InChI is InChI=1S/C21H21ClN2O2/c1-12-9-10-16(13(2)11-12)14(3)23-21(25)19-15(4)26-24-20(19)17-7-5-6-8-18(17)22/h5-11,14H,1-4H3,(H,23,25). The highest BCUT2D eigenvalue weighted by Crippen LogP contribution is 2.31. The third-order valence-electron chi connectivity index (χ3n) is 4.46. The maximum atomic E-state index is 12.9. The van der Waals surface area contributed by atoms with Gasteiger partial charge in [0.25, 0.3) is 5.91 Å². The second-order valence-electron chi connectivity index (χ2n) is 6.50. The SMILES string of the molecule is Cc1ccc(C(C)NC(=O)c2c(-c3ccccc3Cl)noc2C)c(C)c1. The summed E-state index contributed by atoms with van der Waals surface area (Å²) in [6.07, 6.45) is 0. The lowest BCUT2D eigenvalue weighted by Crippen LogP contribution is -2.27. The van der Waals surface area contributed by atoms with Gasteiger partial charge in [-0.2, -0.15) is 0 Å². The van der Waals surface area contributed by atoms with E-state index in [1.807, 2.05) is 44.2 Å². The van der Waals surface area contributed by atoms with Crippen LogP contribution in [0.25, 0.3) is 11.3 Å². The molecule has 0 aliphatic carbocycles. The molecular formula is C21H21ClN2O2. The Morgan fingerprint density at radius 1 is 1.15 bits per heavy atom. The Morgan fingerprint density at radius 2 is 1.88 bits per heavy atom. The lowest BCUT2D eigenvalue weighted by molar-refractivity contribution is 0.0939. The van der Waals surface area contributed by atoms with Crippen LogP contribution in [0.5, 0.6) is 0 Å². The molecule has 1 atom stereocenters. The van der Waals surface area contributed by atoms with E-state index >= 15 is 0 Å². The first-order valence-corrected chi connectivity index (χ1v) is 8.85. The number of carbonyl (C=O) groups is 1. The van der Waals surface area contributed by atoms with Crippen LogP contribution in [0.1, 0.15) is 45.8 Å². The van der Waals surface area contributed by atoms with Crippen molar-refractivity contribution in [2.45, 2.75) is 33.7 Å². The molecule has 1 N–H and O–H groups in total. The number of aryl methyl sites for hydroxylation is 3. The Hall–Kier alpha value is -2.59. The van der Waals surface area contributed by atoms with Crippen molar-refractivity contribution in [3.05, 3.63) is 75.5 Å². The van der Waals surface area contributed by atoms with Crippen LogP contribution in [-0.2, 0) is 0 Å². The van der Waals surface area contributed by atoms with Crippen molar-refractivity contribution >= 4 is 17.5 Å². The molecule has 0 radical (unpaired) electrons. The van der Waals surface area contributed by atoms with Gasteiger partial charge in [0.05, 0.1) is 11.1 Å². The highest BCUT2D eigenvalue weighted by Gasteiger charge is 2.24. The Kier molecular flexibility index (Phi) is 5.14. The lowest BCUT2D eigenvalue weighted by atomic mass is 9.99. The predicted molar refractivity (Wildman–Crippen MR) is 103 cm³/mol. The van der Waals surface area contributed by atoms with Crippen LogP contribution in [0, 0.1) is 20.8 Å². The molecular weight excluding hydrogens is 348 g/mol. The fraction of sp³-hybridized carbons (Fsp3) is 0.238. The maximum absolute atomic E-state index is 12.9. The van der Waals surface area contributed by atoms with Crippen molar-refractivity contribution in [3.63, 3.8) is 0 Å². The third-order valence-corrected chi connectivity index (χ3v) is 4.79. The van der Waals surface area contributed by atoms with Gasteiger partial charge in [0.1, 0.15) is 17.0 Å². The zero-order chi connectivity index (χ0) is 18.8. The van der Waals surface area contributed by atoms with Crippen molar-refractivity contribution in [1.82, 2.24) is 10.5 Å². The number of hydrogen-bond acceptors (Lipinski definition) is 3. The summed E-state index contributed by atoms with van der Waals surface area (Å²) in [6.45, 7) is 7.79. The monoisotopic (exact) mass is 368 g/mol. The van der Waals surface area contributed by atoms with Crippen LogP contribution >= 0.6 is 11.6 Å². The van der Waals surface area contributed by atoms with E-state index in [0.29, 0.717) is 27.6 Å². The van der Waals surface area contributed by atoms with Gasteiger partial charge >= 0.3 is 0 Å². The largest absolute Gasteiger partial charge is 0.360 e. The van der Waals surface area contributed by atoms with E-state index < -0.39 is 0 Å². The lowest BCUT2D eigenvalue weighted by Gasteiger charge is -2.17. The fourth-order valence-corrected chi connectivity index (χ4v) is 3.36. The zero-order valence-corrected chi connectivity index (χ0v) is 16.0. The molecule has 0 saturated heterocycles. The maximum Gasteiger partial charge on any atom is 0.257 e. The van der Waals surface area contributed by atoms with Gasteiger partial charge in [0.2, 0.25) is 0 Å². The highest BCUT2D eigenvalue weighted by molar-refractivity contribution is 6.33. The van der Waals surface area contributed by atoms with Gasteiger partial charge in [-0.1, -0.05) is 58.7 Å². The van der Waals surface area contributed by atoms with E-state index in [1.54, 1.807) is 13.0 Å². The summed E-state index contributed by atoms with van der Waals surface area (Å²) >= 11 is 6.27. The molecule has 3 rings (SSSR count). The summed E-state index contributed by atoms with van der Waals surface area (Å²) in [5.41, 5.74) is 4.97. The molecule has 1 heterocycles. The Bertz CT molecular complexity index is 962. The predicted octanol–water partition coefficient (Wildman–Crippen LogP) is 5.41. The van der Waals surface area contributed by atoms with Gasteiger partial charge in [0.15, 0.2) is 0 Å².